The average molecular weight is 242 g/mol. The minimum Gasteiger partial charge on any atom is -0.313 e. The van der Waals surface area contributed by atoms with E-state index in [1.807, 2.05) is 0 Å². The molecule has 0 aromatic heterocycles. The number of nitrogens with one attached hydrogen (secondary N) is 1. The van der Waals surface area contributed by atoms with Crippen LogP contribution in [0.15, 0.2) is 0 Å². The zero-order valence-corrected chi connectivity index (χ0v) is 12.6. The highest BCUT2D eigenvalue weighted by atomic mass is 15.1. The normalized spacial score (nSPS) is 13.2. The molecule has 0 radical (unpaired) electrons. The van der Waals surface area contributed by atoms with Crippen molar-refractivity contribution in [3.05, 3.63) is 0 Å². The summed E-state index contributed by atoms with van der Waals surface area (Å²) >= 11 is 0. The van der Waals surface area contributed by atoms with Gasteiger partial charge in [-0.25, -0.2) is 0 Å². The topological polar surface area (TPSA) is 15.3 Å². The van der Waals surface area contributed by atoms with E-state index in [0.717, 1.165) is 6.54 Å². The number of unbranched alkanes of at least 4 members (excludes halogenated alkanes) is 5. The summed E-state index contributed by atoms with van der Waals surface area (Å²) in [6.07, 6.45) is 11.0. The summed E-state index contributed by atoms with van der Waals surface area (Å²) in [7, 11) is 4.34. The molecule has 2 heteroatoms. The lowest BCUT2D eigenvalue weighted by molar-refractivity contribution is 0.320. The van der Waals surface area contributed by atoms with Gasteiger partial charge in [0.15, 0.2) is 0 Å². The van der Waals surface area contributed by atoms with Crippen molar-refractivity contribution >= 4 is 0 Å². The van der Waals surface area contributed by atoms with Crippen molar-refractivity contribution in [1.82, 2.24) is 10.2 Å². The van der Waals surface area contributed by atoms with Gasteiger partial charge in [-0.2, -0.15) is 0 Å². The fourth-order valence-electron chi connectivity index (χ4n) is 2.22. The molecule has 0 spiro atoms. The molecule has 0 saturated heterocycles. The Kier molecular flexibility index (Phi) is 12.3. The number of hydrogen-bond acceptors (Lipinski definition) is 2. The van der Waals surface area contributed by atoms with E-state index < -0.39 is 0 Å². The van der Waals surface area contributed by atoms with Gasteiger partial charge < -0.3 is 10.2 Å². The lowest BCUT2D eigenvalue weighted by atomic mass is 10.1. The SMILES string of the molecule is CCCCCCCCC(CN(C)C)NCCC. The van der Waals surface area contributed by atoms with Crippen molar-refractivity contribution in [2.24, 2.45) is 0 Å². The van der Waals surface area contributed by atoms with Crippen LogP contribution in [0.3, 0.4) is 0 Å². The molecule has 17 heavy (non-hydrogen) atoms. The van der Waals surface area contributed by atoms with Crippen LogP contribution >= 0.6 is 0 Å². The van der Waals surface area contributed by atoms with Crippen molar-refractivity contribution < 1.29 is 0 Å². The molecule has 2 nitrogen and oxygen atoms in total. The maximum absolute atomic E-state index is 3.66. The summed E-state index contributed by atoms with van der Waals surface area (Å²) in [5.41, 5.74) is 0. The maximum Gasteiger partial charge on any atom is 0.0194 e. The summed E-state index contributed by atoms with van der Waals surface area (Å²) in [4.78, 5) is 2.30. The van der Waals surface area contributed by atoms with Crippen LogP contribution in [-0.4, -0.2) is 38.1 Å². The molecule has 0 amide bonds. The monoisotopic (exact) mass is 242 g/mol. The van der Waals surface area contributed by atoms with Crippen molar-refractivity contribution in [3.8, 4) is 0 Å². The summed E-state index contributed by atoms with van der Waals surface area (Å²) in [6.45, 7) is 6.86. The fourth-order valence-corrected chi connectivity index (χ4v) is 2.22. The molecule has 0 saturated carbocycles. The molecule has 0 aliphatic rings. The Balaban J connectivity index is 3.53. The van der Waals surface area contributed by atoms with Crippen molar-refractivity contribution in [3.63, 3.8) is 0 Å². The van der Waals surface area contributed by atoms with Crippen molar-refractivity contribution in [1.29, 1.82) is 0 Å². The van der Waals surface area contributed by atoms with Crippen LogP contribution in [0, 0.1) is 0 Å². The molecule has 1 atom stereocenters. The Bertz CT molecular complexity index is 146. The highest BCUT2D eigenvalue weighted by Gasteiger charge is 2.08. The van der Waals surface area contributed by atoms with Gasteiger partial charge in [-0.05, 0) is 33.5 Å². The highest BCUT2D eigenvalue weighted by molar-refractivity contribution is 4.69. The molecule has 1 N–H and O–H groups in total. The third kappa shape index (κ3) is 12.2. The second-order valence-corrected chi connectivity index (χ2v) is 5.47. The Morgan fingerprint density at radius 1 is 0.882 bits per heavy atom. The van der Waals surface area contributed by atoms with E-state index in [2.05, 4.69) is 38.2 Å². The Labute approximate surface area is 109 Å². The zero-order chi connectivity index (χ0) is 12.9. The number of rotatable bonds is 12. The van der Waals surface area contributed by atoms with Gasteiger partial charge in [0.2, 0.25) is 0 Å². The Morgan fingerprint density at radius 3 is 2.12 bits per heavy atom. The predicted molar refractivity (Wildman–Crippen MR) is 78.6 cm³/mol. The third-order valence-electron chi connectivity index (χ3n) is 3.17. The molecule has 0 bridgehead atoms. The molecule has 0 aliphatic carbocycles. The summed E-state index contributed by atoms with van der Waals surface area (Å²) in [5.74, 6) is 0. The van der Waals surface area contributed by atoms with Crippen LogP contribution in [0.4, 0.5) is 0 Å². The predicted octanol–water partition coefficient (Wildman–Crippen LogP) is 3.67. The van der Waals surface area contributed by atoms with E-state index in [-0.39, 0.29) is 0 Å². The minimum absolute atomic E-state index is 0.691. The van der Waals surface area contributed by atoms with Gasteiger partial charge in [0.25, 0.3) is 0 Å². The van der Waals surface area contributed by atoms with Crippen LogP contribution in [0.5, 0.6) is 0 Å². The summed E-state index contributed by atoms with van der Waals surface area (Å²) in [6, 6.07) is 0.691. The largest absolute Gasteiger partial charge is 0.313 e. The van der Waals surface area contributed by atoms with Crippen LogP contribution in [-0.2, 0) is 0 Å². The third-order valence-corrected chi connectivity index (χ3v) is 3.17. The molecule has 0 aromatic rings. The first-order valence-electron chi connectivity index (χ1n) is 7.58. The van der Waals surface area contributed by atoms with Crippen LogP contribution in [0.25, 0.3) is 0 Å². The standard InChI is InChI=1S/C15H34N2/c1-5-7-8-9-10-11-12-15(14-17(3)4)16-13-6-2/h15-16H,5-14H2,1-4H3. The van der Waals surface area contributed by atoms with Gasteiger partial charge in [-0.15, -0.1) is 0 Å². The Hall–Kier alpha value is -0.0800. The van der Waals surface area contributed by atoms with E-state index in [1.165, 1.54) is 57.9 Å². The van der Waals surface area contributed by atoms with Crippen molar-refractivity contribution in [2.45, 2.75) is 71.3 Å². The molecule has 1 unspecified atom stereocenters. The van der Waals surface area contributed by atoms with E-state index in [1.54, 1.807) is 0 Å². The molecule has 0 fully saturated rings. The molecular weight excluding hydrogens is 208 g/mol. The van der Waals surface area contributed by atoms with Gasteiger partial charge in [-0.1, -0.05) is 52.4 Å². The molecular formula is C15H34N2. The van der Waals surface area contributed by atoms with E-state index >= 15 is 0 Å². The van der Waals surface area contributed by atoms with Gasteiger partial charge in [0, 0.05) is 12.6 Å². The van der Waals surface area contributed by atoms with Crippen LogP contribution in [0.1, 0.15) is 65.2 Å². The Morgan fingerprint density at radius 2 is 1.53 bits per heavy atom. The van der Waals surface area contributed by atoms with Crippen LogP contribution < -0.4 is 5.32 Å². The smallest absolute Gasteiger partial charge is 0.0194 e. The van der Waals surface area contributed by atoms with Gasteiger partial charge >= 0.3 is 0 Å². The van der Waals surface area contributed by atoms with E-state index in [0.29, 0.717) is 6.04 Å². The first kappa shape index (κ1) is 16.9. The molecule has 0 heterocycles. The first-order chi connectivity index (χ1) is 8.20. The second-order valence-electron chi connectivity index (χ2n) is 5.47. The zero-order valence-electron chi connectivity index (χ0n) is 12.6. The lowest BCUT2D eigenvalue weighted by Crippen LogP contribution is -2.38. The van der Waals surface area contributed by atoms with E-state index in [9.17, 15) is 0 Å². The highest BCUT2D eigenvalue weighted by Crippen LogP contribution is 2.09. The van der Waals surface area contributed by atoms with Crippen LogP contribution in [0.2, 0.25) is 0 Å². The minimum atomic E-state index is 0.691. The number of nitrogens with zero attached hydrogens (tertiary/aromatic N) is 1. The number of hydrogen-bond donors (Lipinski definition) is 1. The molecule has 0 aliphatic heterocycles. The quantitative estimate of drug-likeness (QED) is 0.525. The van der Waals surface area contributed by atoms with Crippen molar-refractivity contribution in [2.75, 3.05) is 27.2 Å². The van der Waals surface area contributed by atoms with Gasteiger partial charge in [-0.3, -0.25) is 0 Å². The van der Waals surface area contributed by atoms with Gasteiger partial charge in [0.1, 0.15) is 0 Å². The average Bonchev–Trinajstić information content (AvgIpc) is 2.29. The summed E-state index contributed by atoms with van der Waals surface area (Å²) < 4.78 is 0. The lowest BCUT2D eigenvalue weighted by Gasteiger charge is -2.22. The first-order valence-corrected chi connectivity index (χ1v) is 7.58. The molecule has 0 rings (SSSR count). The fraction of sp³-hybridized carbons (Fsp3) is 1.00. The molecule has 104 valence electrons. The maximum atomic E-state index is 3.66. The molecule has 0 aromatic carbocycles. The van der Waals surface area contributed by atoms with Gasteiger partial charge in [0.05, 0.1) is 0 Å². The second kappa shape index (κ2) is 12.4. The number of likely N-dealkylation sites (N-methyl/N-ethyl adjacent to an activating group) is 1. The van der Waals surface area contributed by atoms with E-state index in [4.69, 9.17) is 0 Å². The summed E-state index contributed by atoms with van der Waals surface area (Å²) in [5, 5.41) is 3.66.